The van der Waals surface area contributed by atoms with E-state index in [0.717, 1.165) is 5.69 Å². The molecular formula is C16H19N3O4. The Morgan fingerprint density at radius 2 is 2.13 bits per heavy atom. The SMILES string of the molecule is CCOC(=O)C1=NN(c2ccc(OC)cc2)[C@@H]2C(=O)NCC[C@H]12. The normalized spacial score (nSPS) is 23.0. The number of benzene rings is 1. The van der Waals surface area contributed by atoms with Gasteiger partial charge in [0, 0.05) is 12.5 Å². The van der Waals surface area contributed by atoms with Gasteiger partial charge in [0.2, 0.25) is 5.91 Å². The van der Waals surface area contributed by atoms with E-state index in [4.69, 9.17) is 9.47 Å². The highest BCUT2D eigenvalue weighted by Crippen LogP contribution is 2.33. The Morgan fingerprint density at radius 3 is 2.78 bits per heavy atom. The van der Waals surface area contributed by atoms with Gasteiger partial charge in [-0.3, -0.25) is 9.80 Å². The number of carbonyl (C=O) groups excluding carboxylic acids is 2. The van der Waals surface area contributed by atoms with Crippen LogP contribution in [0.2, 0.25) is 0 Å². The molecule has 122 valence electrons. The van der Waals surface area contributed by atoms with Crippen molar-refractivity contribution in [2.24, 2.45) is 11.0 Å². The van der Waals surface area contributed by atoms with E-state index in [1.54, 1.807) is 31.2 Å². The van der Waals surface area contributed by atoms with E-state index in [1.807, 2.05) is 12.1 Å². The smallest absolute Gasteiger partial charge is 0.354 e. The fourth-order valence-electron chi connectivity index (χ4n) is 2.97. The van der Waals surface area contributed by atoms with Crippen LogP contribution >= 0.6 is 0 Å². The molecule has 0 radical (unpaired) electrons. The average Bonchev–Trinajstić information content (AvgIpc) is 2.96. The van der Waals surface area contributed by atoms with Crippen LogP contribution in [0.15, 0.2) is 29.4 Å². The monoisotopic (exact) mass is 317 g/mol. The maximum Gasteiger partial charge on any atom is 0.354 e. The van der Waals surface area contributed by atoms with Crippen molar-refractivity contribution >= 4 is 23.3 Å². The van der Waals surface area contributed by atoms with Gasteiger partial charge in [0.25, 0.3) is 0 Å². The van der Waals surface area contributed by atoms with Crippen LogP contribution in [-0.4, -0.2) is 43.9 Å². The number of hydrogen-bond acceptors (Lipinski definition) is 6. The lowest BCUT2D eigenvalue weighted by molar-refractivity contribution is -0.135. The molecule has 1 saturated heterocycles. The molecule has 1 N–H and O–H groups in total. The first-order valence-electron chi connectivity index (χ1n) is 7.62. The Kier molecular flexibility index (Phi) is 4.18. The molecule has 1 amide bonds. The van der Waals surface area contributed by atoms with Crippen LogP contribution in [0.5, 0.6) is 5.75 Å². The summed E-state index contributed by atoms with van der Waals surface area (Å²) >= 11 is 0. The number of hydrazone groups is 1. The largest absolute Gasteiger partial charge is 0.497 e. The molecular weight excluding hydrogens is 298 g/mol. The van der Waals surface area contributed by atoms with Crippen molar-refractivity contribution in [1.29, 1.82) is 0 Å². The number of fused-ring (bicyclic) bond motifs is 1. The number of methoxy groups -OCH3 is 1. The minimum Gasteiger partial charge on any atom is -0.497 e. The first kappa shape index (κ1) is 15.3. The van der Waals surface area contributed by atoms with E-state index in [0.29, 0.717) is 24.4 Å². The van der Waals surface area contributed by atoms with Crippen molar-refractivity contribution < 1.29 is 19.1 Å². The second kappa shape index (κ2) is 6.28. The minimum atomic E-state index is -0.517. The van der Waals surface area contributed by atoms with Crippen LogP contribution in [0.4, 0.5) is 5.69 Å². The van der Waals surface area contributed by atoms with Crippen LogP contribution in [0.25, 0.3) is 0 Å². The van der Waals surface area contributed by atoms with Gasteiger partial charge in [0.15, 0.2) is 5.71 Å². The summed E-state index contributed by atoms with van der Waals surface area (Å²) in [6.45, 7) is 2.57. The summed E-state index contributed by atoms with van der Waals surface area (Å²) < 4.78 is 10.2. The van der Waals surface area contributed by atoms with Gasteiger partial charge in [-0.25, -0.2) is 4.79 Å². The van der Waals surface area contributed by atoms with Gasteiger partial charge in [0.1, 0.15) is 11.8 Å². The maximum atomic E-state index is 12.3. The van der Waals surface area contributed by atoms with Gasteiger partial charge in [-0.2, -0.15) is 5.10 Å². The van der Waals surface area contributed by atoms with E-state index in [1.165, 1.54) is 0 Å². The number of anilines is 1. The van der Waals surface area contributed by atoms with E-state index < -0.39 is 12.0 Å². The zero-order chi connectivity index (χ0) is 16.4. The van der Waals surface area contributed by atoms with Crippen molar-refractivity contribution in [1.82, 2.24) is 5.32 Å². The number of nitrogens with zero attached hydrogens (tertiary/aromatic N) is 2. The minimum absolute atomic E-state index is 0.125. The lowest BCUT2D eigenvalue weighted by Gasteiger charge is -2.30. The summed E-state index contributed by atoms with van der Waals surface area (Å²) in [6.07, 6.45) is 0.667. The molecule has 2 aliphatic rings. The summed E-state index contributed by atoms with van der Waals surface area (Å²) in [5.74, 6) is -0.106. The van der Waals surface area contributed by atoms with E-state index in [9.17, 15) is 9.59 Å². The van der Waals surface area contributed by atoms with Gasteiger partial charge < -0.3 is 14.8 Å². The molecule has 2 aliphatic heterocycles. The van der Waals surface area contributed by atoms with Crippen molar-refractivity contribution in [3.8, 4) is 5.75 Å². The van der Waals surface area contributed by atoms with E-state index in [-0.39, 0.29) is 18.4 Å². The third-order valence-corrected chi connectivity index (χ3v) is 4.06. The molecule has 1 aromatic carbocycles. The van der Waals surface area contributed by atoms with Crippen molar-refractivity contribution in [3.05, 3.63) is 24.3 Å². The van der Waals surface area contributed by atoms with Gasteiger partial charge in [0.05, 0.1) is 19.4 Å². The zero-order valence-corrected chi connectivity index (χ0v) is 13.1. The third-order valence-electron chi connectivity index (χ3n) is 4.06. The summed E-state index contributed by atoms with van der Waals surface area (Å²) in [4.78, 5) is 24.5. The summed E-state index contributed by atoms with van der Waals surface area (Å²) in [7, 11) is 1.59. The molecule has 7 heteroatoms. The predicted molar refractivity (Wildman–Crippen MR) is 84.4 cm³/mol. The number of rotatable bonds is 4. The average molecular weight is 317 g/mol. The molecule has 1 aromatic rings. The number of carbonyl (C=O) groups is 2. The van der Waals surface area contributed by atoms with Gasteiger partial charge in [-0.1, -0.05) is 0 Å². The Labute approximate surface area is 134 Å². The molecule has 0 aliphatic carbocycles. The van der Waals surface area contributed by atoms with Crippen molar-refractivity contribution in [2.75, 3.05) is 25.3 Å². The Hall–Kier alpha value is -2.57. The van der Waals surface area contributed by atoms with E-state index >= 15 is 0 Å². The lowest BCUT2D eigenvalue weighted by atomic mass is 9.88. The quantitative estimate of drug-likeness (QED) is 0.836. The molecule has 23 heavy (non-hydrogen) atoms. The van der Waals surface area contributed by atoms with Crippen molar-refractivity contribution in [2.45, 2.75) is 19.4 Å². The van der Waals surface area contributed by atoms with Crippen LogP contribution in [0, 0.1) is 5.92 Å². The molecule has 1 fully saturated rings. The number of piperidine rings is 1. The Morgan fingerprint density at radius 1 is 1.39 bits per heavy atom. The second-order valence-electron chi connectivity index (χ2n) is 5.38. The summed E-state index contributed by atoms with van der Waals surface area (Å²) in [5.41, 5.74) is 1.06. The maximum absolute atomic E-state index is 12.3. The highest BCUT2D eigenvalue weighted by molar-refractivity contribution is 6.39. The fraction of sp³-hybridized carbons (Fsp3) is 0.438. The van der Waals surface area contributed by atoms with E-state index in [2.05, 4.69) is 10.4 Å². The van der Waals surface area contributed by atoms with Gasteiger partial charge >= 0.3 is 5.97 Å². The number of esters is 1. The van der Waals surface area contributed by atoms with Crippen LogP contribution in [0.1, 0.15) is 13.3 Å². The number of amides is 1. The number of hydrogen-bond donors (Lipinski definition) is 1. The molecule has 0 aromatic heterocycles. The molecule has 2 atom stereocenters. The zero-order valence-electron chi connectivity index (χ0n) is 13.1. The fourth-order valence-corrected chi connectivity index (χ4v) is 2.97. The predicted octanol–water partition coefficient (Wildman–Crippen LogP) is 0.939. The topological polar surface area (TPSA) is 80.2 Å². The van der Waals surface area contributed by atoms with Crippen LogP contribution < -0.4 is 15.1 Å². The number of nitrogens with one attached hydrogen (secondary N) is 1. The molecule has 0 unspecified atom stereocenters. The van der Waals surface area contributed by atoms with Crippen LogP contribution in [-0.2, 0) is 14.3 Å². The summed E-state index contributed by atoms with van der Waals surface area (Å²) in [5, 5.41) is 8.84. The van der Waals surface area contributed by atoms with Crippen molar-refractivity contribution in [3.63, 3.8) is 0 Å². The first-order chi connectivity index (χ1) is 11.2. The van der Waals surface area contributed by atoms with Gasteiger partial charge in [-0.05, 0) is 37.6 Å². The highest BCUT2D eigenvalue weighted by atomic mass is 16.5. The second-order valence-corrected chi connectivity index (χ2v) is 5.38. The Bertz CT molecular complexity index is 641. The van der Waals surface area contributed by atoms with Crippen LogP contribution in [0.3, 0.4) is 0 Å². The van der Waals surface area contributed by atoms with Gasteiger partial charge in [-0.15, -0.1) is 0 Å². The molecule has 0 spiro atoms. The molecule has 0 bridgehead atoms. The highest BCUT2D eigenvalue weighted by Gasteiger charge is 2.47. The molecule has 0 saturated carbocycles. The molecule has 3 rings (SSSR count). The lowest BCUT2D eigenvalue weighted by Crippen LogP contribution is -2.52. The molecule has 7 nitrogen and oxygen atoms in total. The molecule has 2 heterocycles. The third kappa shape index (κ3) is 2.74. The first-order valence-corrected chi connectivity index (χ1v) is 7.62. The summed E-state index contributed by atoms with van der Waals surface area (Å²) in [6, 6.07) is 6.70. The Balaban J connectivity index is 1.95. The standard InChI is InChI=1S/C16H19N3O4/c1-3-23-16(21)13-12-8-9-17-15(20)14(12)19(18-13)10-4-6-11(22-2)7-5-10/h4-7,12,14H,3,8-9H2,1-2H3,(H,17,20)/t12-,14+/m1/s1. The number of ether oxygens (including phenoxy) is 2.